The number of rotatable bonds is 5. The Bertz CT molecular complexity index is 925. The van der Waals surface area contributed by atoms with Gasteiger partial charge in [-0.05, 0) is 49.1 Å². The van der Waals surface area contributed by atoms with Gasteiger partial charge in [0.15, 0.2) is 0 Å². The van der Waals surface area contributed by atoms with Crippen molar-refractivity contribution in [1.82, 2.24) is 9.80 Å². The van der Waals surface area contributed by atoms with E-state index in [1.165, 1.54) is 5.56 Å². The fourth-order valence-electron chi connectivity index (χ4n) is 5.73. The summed E-state index contributed by atoms with van der Waals surface area (Å²) >= 11 is 0. The van der Waals surface area contributed by atoms with Gasteiger partial charge in [0, 0.05) is 25.0 Å². The monoisotopic (exact) mass is 388 g/mol. The molecule has 4 heteroatoms. The van der Waals surface area contributed by atoms with Crippen LogP contribution >= 0.6 is 0 Å². The lowest BCUT2D eigenvalue weighted by molar-refractivity contribution is -0.137. The van der Waals surface area contributed by atoms with Gasteiger partial charge in [0.2, 0.25) is 5.91 Å². The van der Waals surface area contributed by atoms with Crippen molar-refractivity contribution >= 4 is 12.0 Å². The smallest absolute Gasteiger partial charge is 0.243 e. The van der Waals surface area contributed by atoms with Gasteiger partial charge < -0.3 is 9.64 Å². The summed E-state index contributed by atoms with van der Waals surface area (Å²) in [5.74, 6) is 1.60. The molecule has 0 N–H and O–H groups in total. The van der Waals surface area contributed by atoms with Crippen LogP contribution in [0, 0.1) is 5.92 Å². The third-order valence-electron chi connectivity index (χ3n) is 6.99. The molecule has 150 valence electrons. The Hall–Kier alpha value is -2.59. The SMILES string of the molecule is COc1cccc(CN2C[C@@H]3C[C@@H](C=Cc4ccccc4)N4CCC[C@@]34C2=O)c1. The number of hydrogen-bond acceptors (Lipinski definition) is 3. The molecule has 0 saturated carbocycles. The van der Waals surface area contributed by atoms with E-state index < -0.39 is 0 Å². The Morgan fingerprint density at radius 3 is 2.86 bits per heavy atom. The van der Waals surface area contributed by atoms with Crippen LogP contribution in [-0.2, 0) is 11.3 Å². The molecule has 3 heterocycles. The first-order chi connectivity index (χ1) is 14.2. The summed E-state index contributed by atoms with van der Waals surface area (Å²) in [6, 6.07) is 18.9. The predicted molar refractivity (Wildman–Crippen MR) is 114 cm³/mol. The van der Waals surface area contributed by atoms with Crippen LogP contribution in [0.1, 0.15) is 30.4 Å². The molecule has 3 aliphatic rings. The first-order valence-corrected chi connectivity index (χ1v) is 10.6. The Balaban J connectivity index is 1.35. The number of carbonyl (C=O) groups excluding carboxylic acids is 1. The zero-order chi connectivity index (χ0) is 19.8. The van der Waals surface area contributed by atoms with Crippen LogP contribution in [0.15, 0.2) is 60.7 Å². The normalized spacial score (nSPS) is 28.9. The van der Waals surface area contributed by atoms with E-state index in [4.69, 9.17) is 4.74 Å². The number of methoxy groups -OCH3 is 1. The van der Waals surface area contributed by atoms with E-state index in [1.807, 2.05) is 24.3 Å². The van der Waals surface area contributed by atoms with E-state index in [0.717, 1.165) is 43.7 Å². The largest absolute Gasteiger partial charge is 0.497 e. The molecule has 29 heavy (non-hydrogen) atoms. The fourth-order valence-corrected chi connectivity index (χ4v) is 5.73. The minimum absolute atomic E-state index is 0.273. The third kappa shape index (κ3) is 3.06. The minimum atomic E-state index is -0.273. The summed E-state index contributed by atoms with van der Waals surface area (Å²) in [4.78, 5) is 18.2. The Morgan fingerprint density at radius 2 is 2.03 bits per heavy atom. The molecular weight excluding hydrogens is 360 g/mol. The summed E-state index contributed by atoms with van der Waals surface area (Å²) in [5, 5.41) is 0. The molecule has 0 bridgehead atoms. The van der Waals surface area contributed by atoms with Crippen molar-refractivity contribution in [2.24, 2.45) is 5.92 Å². The first-order valence-electron chi connectivity index (χ1n) is 10.6. The molecule has 0 aliphatic carbocycles. The highest BCUT2D eigenvalue weighted by atomic mass is 16.5. The van der Waals surface area contributed by atoms with E-state index in [1.54, 1.807) is 7.11 Å². The number of nitrogens with zero attached hydrogens (tertiary/aromatic N) is 2. The van der Waals surface area contributed by atoms with E-state index in [9.17, 15) is 4.79 Å². The van der Waals surface area contributed by atoms with Crippen LogP contribution in [0.4, 0.5) is 0 Å². The van der Waals surface area contributed by atoms with Crippen molar-refractivity contribution in [3.63, 3.8) is 0 Å². The highest BCUT2D eigenvalue weighted by molar-refractivity contribution is 5.90. The quantitative estimate of drug-likeness (QED) is 0.777. The Morgan fingerprint density at radius 1 is 1.17 bits per heavy atom. The molecule has 4 nitrogen and oxygen atoms in total. The number of ether oxygens (including phenoxy) is 1. The number of amides is 1. The van der Waals surface area contributed by atoms with Crippen molar-refractivity contribution < 1.29 is 9.53 Å². The van der Waals surface area contributed by atoms with Gasteiger partial charge in [-0.15, -0.1) is 0 Å². The highest BCUT2D eigenvalue weighted by Crippen LogP contribution is 2.51. The third-order valence-corrected chi connectivity index (χ3v) is 6.99. The van der Waals surface area contributed by atoms with Gasteiger partial charge in [-0.3, -0.25) is 9.69 Å². The predicted octanol–water partition coefficient (Wildman–Crippen LogP) is 3.97. The first kappa shape index (κ1) is 18.4. The summed E-state index contributed by atoms with van der Waals surface area (Å²) in [5.41, 5.74) is 2.09. The minimum Gasteiger partial charge on any atom is -0.497 e. The second-order valence-electron chi connectivity index (χ2n) is 8.53. The Labute approximate surface area is 172 Å². The molecule has 3 atom stereocenters. The van der Waals surface area contributed by atoms with Gasteiger partial charge in [-0.25, -0.2) is 0 Å². The molecule has 2 aromatic carbocycles. The second kappa shape index (κ2) is 7.34. The summed E-state index contributed by atoms with van der Waals surface area (Å²) in [6.07, 6.45) is 7.73. The molecule has 0 aromatic heterocycles. The average molecular weight is 389 g/mol. The maximum absolute atomic E-state index is 13.6. The second-order valence-corrected chi connectivity index (χ2v) is 8.53. The molecule has 5 rings (SSSR count). The standard InChI is InChI=1S/C25H28N2O2/c1-29-23-10-5-9-20(15-23)17-26-18-21-16-22(12-11-19-7-3-2-4-8-19)27-14-6-13-25(21,27)24(26)28/h2-5,7-12,15,21-22H,6,13-14,16-18H2,1H3/t21-,22+,25-/m0/s1. The lowest BCUT2D eigenvalue weighted by Crippen LogP contribution is -2.50. The van der Waals surface area contributed by atoms with E-state index in [2.05, 4.69) is 52.3 Å². The number of carbonyl (C=O) groups is 1. The molecule has 1 amide bonds. The van der Waals surface area contributed by atoms with Crippen LogP contribution in [0.25, 0.3) is 6.08 Å². The van der Waals surface area contributed by atoms with Gasteiger partial charge >= 0.3 is 0 Å². The summed E-state index contributed by atoms with van der Waals surface area (Å²) in [6.45, 7) is 2.56. The van der Waals surface area contributed by atoms with E-state index in [0.29, 0.717) is 24.4 Å². The van der Waals surface area contributed by atoms with Crippen molar-refractivity contribution in [3.8, 4) is 5.75 Å². The van der Waals surface area contributed by atoms with Crippen molar-refractivity contribution in [1.29, 1.82) is 0 Å². The van der Waals surface area contributed by atoms with E-state index >= 15 is 0 Å². The lowest BCUT2D eigenvalue weighted by Gasteiger charge is -2.32. The fraction of sp³-hybridized carbons (Fsp3) is 0.400. The molecular formula is C25H28N2O2. The number of likely N-dealkylation sites (tertiary alicyclic amines) is 1. The van der Waals surface area contributed by atoms with Crippen LogP contribution < -0.4 is 4.74 Å². The van der Waals surface area contributed by atoms with Gasteiger partial charge in [0.1, 0.15) is 11.3 Å². The van der Waals surface area contributed by atoms with Crippen molar-refractivity contribution in [2.75, 3.05) is 20.2 Å². The lowest BCUT2D eigenvalue weighted by atomic mass is 9.85. The summed E-state index contributed by atoms with van der Waals surface area (Å²) < 4.78 is 5.35. The molecule has 1 spiro atoms. The van der Waals surface area contributed by atoms with Crippen LogP contribution in [0.5, 0.6) is 5.75 Å². The van der Waals surface area contributed by atoms with Crippen LogP contribution in [0.3, 0.4) is 0 Å². The average Bonchev–Trinajstić information content (AvgIpc) is 3.38. The summed E-state index contributed by atoms with van der Waals surface area (Å²) in [7, 11) is 1.68. The topological polar surface area (TPSA) is 32.8 Å². The molecule has 2 aromatic rings. The molecule has 3 aliphatic heterocycles. The number of hydrogen-bond donors (Lipinski definition) is 0. The van der Waals surface area contributed by atoms with Crippen LogP contribution in [0.2, 0.25) is 0 Å². The zero-order valence-corrected chi connectivity index (χ0v) is 17.0. The molecule has 3 saturated heterocycles. The van der Waals surface area contributed by atoms with Gasteiger partial charge in [-0.2, -0.15) is 0 Å². The van der Waals surface area contributed by atoms with Crippen molar-refractivity contribution in [2.45, 2.75) is 37.4 Å². The van der Waals surface area contributed by atoms with Gasteiger partial charge in [-0.1, -0.05) is 54.6 Å². The zero-order valence-electron chi connectivity index (χ0n) is 17.0. The number of benzene rings is 2. The molecule has 3 fully saturated rings. The molecule has 0 radical (unpaired) electrons. The highest BCUT2D eigenvalue weighted by Gasteiger charge is 2.64. The maximum atomic E-state index is 13.6. The Kier molecular flexibility index (Phi) is 4.67. The molecule has 0 unspecified atom stereocenters. The van der Waals surface area contributed by atoms with Gasteiger partial charge in [0.25, 0.3) is 0 Å². The van der Waals surface area contributed by atoms with Crippen molar-refractivity contribution in [3.05, 3.63) is 71.8 Å². The van der Waals surface area contributed by atoms with E-state index in [-0.39, 0.29) is 5.54 Å². The van der Waals surface area contributed by atoms with Crippen LogP contribution in [-0.4, -0.2) is 47.5 Å². The maximum Gasteiger partial charge on any atom is 0.243 e. The van der Waals surface area contributed by atoms with Gasteiger partial charge in [0.05, 0.1) is 7.11 Å².